The molecule has 0 spiro atoms. The van der Waals surface area contributed by atoms with E-state index in [1.54, 1.807) is 24.2 Å². The van der Waals surface area contributed by atoms with E-state index in [9.17, 15) is 14.9 Å². The van der Waals surface area contributed by atoms with Gasteiger partial charge in [-0.15, -0.1) is 0 Å². The van der Waals surface area contributed by atoms with Crippen LogP contribution in [0.2, 0.25) is 0 Å². The number of nitrogens with one attached hydrogen (secondary N) is 2. The lowest BCUT2D eigenvalue weighted by Gasteiger charge is -2.32. The minimum atomic E-state index is -0.150. The van der Waals surface area contributed by atoms with Gasteiger partial charge in [-0.05, 0) is 48.2 Å². The smallest absolute Gasteiger partial charge is 0.256 e. The molecule has 2 aromatic rings. The predicted octanol–water partition coefficient (Wildman–Crippen LogP) is 2.48. The van der Waals surface area contributed by atoms with Crippen LogP contribution >= 0.6 is 0 Å². The molecule has 0 fully saturated rings. The zero-order chi connectivity index (χ0) is 25.5. The highest BCUT2D eigenvalue weighted by Gasteiger charge is 2.27. The van der Waals surface area contributed by atoms with Crippen LogP contribution in [0.15, 0.2) is 36.4 Å². The van der Waals surface area contributed by atoms with Gasteiger partial charge in [0.2, 0.25) is 5.91 Å². The minimum Gasteiger partial charge on any atom is -0.353 e. The standard InChI is InChI=1S/C27H36N6O2/c1-19(2)29-10-11-30-25(34)17-32(27-20(3)12-22(14-28)13-21(27)4)18-26(35)31(5)33-15-23-8-6-7-9-24(23)16-33/h6-9,12-13,19,29H,10-11,15-18H2,1-5H3,(H,30,34). The van der Waals surface area contributed by atoms with Crippen LogP contribution in [0.1, 0.15) is 41.7 Å². The van der Waals surface area contributed by atoms with Crippen molar-refractivity contribution in [2.24, 2.45) is 0 Å². The molecule has 0 aliphatic carbocycles. The van der Waals surface area contributed by atoms with E-state index in [0.717, 1.165) is 16.8 Å². The lowest BCUT2D eigenvalue weighted by molar-refractivity contribution is -0.145. The fourth-order valence-electron chi connectivity index (χ4n) is 4.48. The molecule has 0 saturated carbocycles. The van der Waals surface area contributed by atoms with E-state index in [1.165, 1.54) is 11.1 Å². The molecule has 8 nitrogen and oxygen atoms in total. The molecule has 0 bridgehead atoms. The number of hydrogen-bond acceptors (Lipinski definition) is 6. The Bertz CT molecular complexity index is 1060. The Labute approximate surface area is 208 Å². The van der Waals surface area contributed by atoms with Gasteiger partial charge in [0.15, 0.2) is 0 Å². The number of aryl methyl sites for hydroxylation is 2. The summed E-state index contributed by atoms with van der Waals surface area (Å²) in [6, 6.07) is 14.3. The number of nitriles is 1. The van der Waals surface area contributed by atoms with Crippen LogP contribution in [-0.4, -0.2) is 61.1 Å². The predicted molar refractivity (Wildman–Crippen MR) is 137 cm³/mol. The average Bonchev–Trinajstić information content (AvgIpc) is 3.24. The topological polar surface area (TPSA) is 91.7 Å². The third-order valence-corrected chi connectivity index (χ3v) is 6.21. The maximum atomic E-state index is 13.4. The Morgan fingerprint density at radius 1 is 1.06 bits per heavy atom. The number of anilines is 1. The van der Waals surface area contributed by atoms with E-state index in [2.05, 4.69) is 42.7 Å². The van der Waals surface area contributed by atoms with Crippen LogP contribution in [0.5, 0.6) is 0 Å². The summed E-state index contributed by atoms with van der Waals surface area (Å²) in [4.78, 5) is 28.0. The van der Waals surface area contributed by atoms with Gasteiger partial charge in [-0.1, -0.05) is 38.1 Å². The van der Waals surface area contributed by atoms with Crippen molar-refractivity contribution in [1.29, 1.82) is 5.26 Å². The van der Waals surface area contributed by atoms with E-state index in [1.807, 2.05) is 35.9 Å². The molecule has 8 heteroatoms. The molecule has 35 heavy (non-hydrogen) atoms. The second-order valence-electron chi connectivity index (χ2n) is 9.39. The Morgan fingerprint density at radius 3 is 2.20 bits per heavy atom. The van der Waals surface area contributed by atoms with Gasteiger partial charge in [0, 0.05) is 45.0 Å². The number of hydrogen-bond donors (Lipinski definition) is 2. The zero-order valence-electron chi connectivity index (χ0n) is 21.4. The first-order valence-corrected chi connectivity index (χ1v) is 12.0. The van der Waals surface area contributed by atoms with Crippen LogP contribution in [0, 0.1) is 25.2 Å². The molecule has 2 aromatic carbocycles. The Kier molecular flexibility index (Phi) is 8.85. The molecule has 0 unspecified atom stereocenters. The number of hydrazine groups is 1. The van der Waals surface area contributed by atoms with Gasteiger partial charge in [-0.2, -0.15) is 5.26 Å². The number of carbonyl (C=O) groups excluding carboxylic acids is 2. The van der Waals surface area contributed by atoms with Gasteiger partial charge in [0.05, 0.1) is 24.7 Å². The van der Waals surface area contributed by atoms with E-state index in [-0.39, 0.29) is 24.9 Å². The Balaban J connectivity index is 1.75. The summed E-state index contributed by atoms with van der Waals surface area (Å²) in [6.45, 7) is 10.6. The normalized spacial score (nSPS) is 12.8. The molecule has 1 heterocycles. The average molecular weight is 477 g/mol. The van der Waals surface area contributed by atoms with Crippen molar-refractivity contribution in [3.05, 3.63) is 64.2 Å². The molecule has 1 aliphatic rings. The molecule has 186 valence electrons. The van der Waals surface area contributed by atoms with Crippen molar-refractivity contribution < 1.29 is 9.59 Å². The van der Waals surface area contributed by atoms with Crippen molar-refractivity contribution in [3.63, 3.8) is 0 Å². The van der Waals surface area contributed by atoms with Crippen molar-refractivity contribution in [1.82, 2.24) is 20.7 Å². The number of carbonyl (C=O) groups is 2. The molecule has 2 amide bonds. The summed E-state index contributed by atoms with van der Waals surface area (Å²) < 4.78 is 0. The zero-order valence-corrected chi connectivity index (χ0v) is 21.4. The fourth-order valence-corrected chi connectivity index (χ4v) is 4.48. The number of benzene rings is 2. The highest BCUT2D eigenvalue weighted by atomic mass is 16.2. The molecular weight excluding hydrogens is 440 g/mol. The summed E-state index contributed by atoms with van der Waals surface area (Å²) in [7, 11) is 1.78. The second-order valence-corrected chi connectivity index (χ2v) is 9.39. The van der Waals surface area contributed by atoms with E-state index in [4.69, 9.17) is 0 Å². The number of rotatable bonds is 10. The molecule has 0 radical (unpaired) electrons. The highest BCUT2D eigenvalue weighted by Crippen LogP contribution is 2.27. The quantitative estimate of drug-likeness (QED) is 0.512. The van der Waals surface area contributed by atoms with Gasteiger partial charge >= 0.3 is 0 Å². The highest BCUT2D eigenvalue weighted by molar-refractivity contribution is 5.87. The van der Waals surface area contributed by atoms with Gasteiger partial charge in [0.1, 0.15) is 0 Å². The summed E-state index contributed by atoms with van der Waals surface area (Å²) in [5, 5.41) is 19.2. The number of nitrogens with zero attached hydrogens (tertiary/aromatic N) is 4. The SMILES string of the molecule is Cc1cc(C#N)cc(C)c1N(CC(=O)NCCNC(C)C)CC(=O)N(C)N1Cc2ccccc2C1. The van der Waals surface area contributed by atoms with Crippen LogP contribution in [-0.2, 0) is 22.7 Å². The molecule has 3 rings (SSSR count). The van der Waals surface area contributed by atoms with Crippen LogP contribution < -0.4 is 15.5 Å². The first kappa shape index (κ1) is 26.2. The van der Waals surface area contributed by atoms with Gasteiger partial charge in [0.25, 0.3) is 5.91 Å². The first-order chi connectivity index (χ1) is 16.7. The second kappa shape index (κ2) is 11.8. The van der Waals surface area contributed by atoms with E-state index >= 15 is 0 Å². The molecule has 0 atom stereocenters. The van der Waals surface area contributed by atoms with Gasteiger partial charge < -0.3 is 15.5 Å². The van der Waals surface area contributed by atoms with Crippen molar-refractivity contribution in [3.8, 4) is 6.07 Å². The summed E-state index contributed by atoms with van der Waals surface area (Å²) in [6.07, 6.45) is 0. The fraction of sp³-hybridized carbons (Fsp3) is 0.444. The largest absolute Gasteiger partial charge is 0.353 e. The molecule has 0 aromatic heterocycles. The van der Waals surface area contributed by atoms with Crippen molar-refractivity contribution in [2.45, 2.75) is 46.8 Å². The van der Waals surface area contributed by atoms with Crippen molar-refractivity contribution >= 4 is 17.5 Å². The summed E-state index contributed by atoms with van der Waals surface area (Å²) in [5.74, 6) is -0.252. The summed E-state index contributed by atoms with van der Waals surface area (Å²) in [5.41, 5.74) is 5.53. The van der Waals surface area contributed by atoms with Crippen LogP contribution in [0.25, 0.3) is 0 Å². The summed E-state index contributed by atoms with van der Waals surface area (Å²) >= 11 is 0. The Morgan fingerprint density at radius 2 is 1.66 bits per heavy atom. The maximum Gasteiger partial charge on any atom is 0.256 e. The Hall–Kier alpha value is -3.41. The van der Waals surface area contributed by atoms with Gasteiger partial charge in [-0.3, -0.25) is 14.6 Å². The first-order valence-electron chi connectivity index (χ1n) is 12.0. The third kappa shape index (κ3) is 6.81. The van der Waals surface area contributed by atoms with E-state index < -0.39 is 0 Å². The van der Waals surface area contributed by atoms with Crippen LogP contribution in [0.4, 0.5) is 5.69 Å². The lowest BCUT2D eigenvalue weighted by Crippen LogP contribution is -2.48. The minimum absolute atomic E-state index is 0.0502. The molecule has 2 N–H and O–H groups in total. The number of likely N-dealkylation sites (N-methyl/N-ethyl adjacent to an activating group) is 1. The number of amides is 2. The molecular formula is C27H36N6O2. The van der Waals surface area contributed by atoms with E-state index in [0.29, 0.717) is 37.8 Å². The maximum absolute atomic E-state index is 13.4. The molecule has 1 aliphatic heterocycles. The third-order valence-electron chi connectivity index (χ3n) is 6.21. The van der Waals surface area contributed by atoms with Crippen molar-refractivity contribution in [2.75, 3.05) is 38.1 Å². The van der Waals surface area contributed by atoms with Gasteiger partial charge in [-0.25, -0.2) is 5.01 Å². The lowest BCUT2D eigenvalue weighted by atomic mass is 10.0. The monoisotopic (exact) mass is 476 g/mol. The molecule has 0 saturated heterocycles. The van der Waals surface area contributed by atoms with Crippen LogP contribution in [0.3, 0.4) is 0 Å². The number of fused-ring (bicyclic) bond motifs is 1.